The molecule has 2 aromatic carbocycles. The molecule has 1 aliphatic rings. The van der Waals surface area contributed by atoms with E-state index in [0.717, 1.165) is 34.1 Å². The molecule has 0 fully saturated rings. The van der Waals surface area contributed by atoms with Crippen LogP contribution in [0.15, 0.2) is 42.5 Å². The van der Waals surface area contributed by atoms with Crippen LogP contribution in [-0.2, 0) is 35.4 Å². The van der Waals surface area contributed by atoms with E-state index in [1.807, 2.05) is 12.1 Å². The Bertz CT molecular complexity index is 1120. The minimum atomic E-state index is -0.934. The molecular formula is C23H22ClFN2O3. The molecule has 3 aromatic rings. The van der Waals surface area contributed by atoms with Gasteiger partial charge < -0.3 is 14.6 Å². The van der Waals surface area contributed by atoms with E-state index in [0.29, 0.717) is 17.9 Å². The SMILES string of the molecule is CN(C(=O)Cc1ccc(Cl)cc1)C1CCc2c(c3cc(F)ccc3n2CC(=O)O)C1. The van der Waals surface area contributed by atoms with Crippen molar-refractivity contribution in [2.45, 2.75) is 38.3 Å². The van der Waals surface area contributed by atoms with Gasteiger partial charge in [-0.3, -0.25) is 9.59 Å². The van der Waals surface area contributed by atoms with Gasteiger partial charge in [0.15, 0.2) is 0 Å². The van der Waals surface area contributed by atoms with Crippen molar-refractivity contribution in [3.8, 4) is 0 Å². The fraction of sp³-hybridized carbons (Fsp3) is 0.304. The average molecular weight is 429 g/mol. The summed E-state index contributed by atoms with van der Waals surface area (Å²) >= 11 is 5.91. The van der Waals surface area contributed by atoms with Crippen LogP contribution < -0.4 is 0 Å². The number of aliphatic carboxylic acids is 1. The Labute approximate surface area is 178 Å². The number of amides is 1. The summed E-state index contributed by atoms with van der Waals surface area (Å²) in [5, 5.41) is 10.7. The van der Waals surface area contributed by atoms with E-state index < -0.39 is 5.97 Å². The van der Waals surface area contributed by atoms with Crippen molar-refractivity contribution in [3.05, 3.63) is 70.1 Å². The van der Waals surface area contributed by atoms with Crippen LogP contribution in [0.3, 0.4) is 0 Å². The summed E-state index contributed by atoms with van der Waals surface area (Å²) in [6.07, 6.45) is 2.23. The highest BCUT2D eigenvalue weighted by Crippen LogP contribution is 2.34. The first-order valence-electron chi connectivity index (χ1n) is 9.85. The Morgan fingerprint density at radius 2 is 1.97 bits per heavy atom. The van der Waals surface area contributed by atoms with Crippen LogP contribution in [-0.4, -0.2) is 39.5 Å². The van der Waals surface area contributed by atoms with Crippen molar-refractivity contribution < 1.29 is 19.1 Å². The summed E-state index contributed by atoms with van der Waals surface area (Å²) < 4.78 is 15.7. The second kappa shape index (κ2) is 8.11. The molecule has 156 valence electrons. The highest BCUT2D eigenvalue weighted by molar-refractivity contribution is 6.30. The van der Waals surface area contributed by atoms with Crippen molar-refractivity contribution in [3.63, 3.8) is 0 Å². The first kappa shape index (κ1) is 20.4. The molecule has 1 aromatic heterocycles. The van der Waals surface area contributed by atoms with E-state index in [9.17, 15) is 19.1 Å². The summed E-state index contributed by atoms with van der Waals surface area (Å²) in [5.41, 5.74) is 3.48. The van der Waals surface area contributed by atoms with Crippen molar-refractivity contribution in [2.24, 2.45) is 0 Å². The smallest absolute Gasteiger partial charge is 0.323 e. The predicted octanol–water partition coefficient (Wildman–Crippen LogP) is 4.08. The highest BCUT2D eigenvalue weighted by Gasteiger charge is 2.30. The maximum Gasteiger partial charge on any atom is 0.323 e. The largest absolute Gasteiger partial charge is 0.480 e. The molecule has 0 spiro atoms. The number of carboxylic acid groups (broad SMARTS) is 1. The lowest BCUT2D eigenvalue weighted by molar-refractivity contribution is -0.137. The quantitative estimate of drug-likeness (QED) is 0.666. The number of rotatable bonds is 5. The number of aromatic nitrogens is 1. The number of carbonyl (C=O) groups excluding carboxylic acids is 1. The first-order chi connectivity index (χ1) is 14.3. The van der Waals surface area contributed by atoms with Gasteiger partial charge in [-0.05, 0) is 60.7 Å². The Kier molecular flexibility index (Phi) is 5.52. The van der Waals surface area contributed by atoms with Crippen molar-refractivity contribution in [1.82, 2.24) is 9.47 Å². The highest BCUT2D eigenvalue weighted by atomic mass is 35.5. The molecule has 0 aliphatic heterocycles. The van der Waals surface area contributed by atoms with Gasteiger partial charge in [0.2, 0.25) is 5.91 Å². The van der Waals surface area contributed by atoms with Gasteiger partial charge in [0.25, 0.3) is 0 Å². The molecule has 1 atom stereocenters. The van der Waals surface area contributed by atoms with Crippen LogP contribution in [0.25, 0.3) is 10.9 Å². The first-order valence-corrected chi connectivity index (χ1v) is 10.2. The van der Waals surface area contributed by atoms with Gasteiger partial charge in [0.05, 0.1) is 6.42 Å². The van der Waals surface area contributed by atoms with E-state index in [4.69, 9.17) is 11.6 Å². The number of fused-ring (bicyclic) bond motifs is 3. The number of likely N-dealkylation sites (N-methyl/N-ethyl adjacent to an activating group) is 1. The molecule has 1 heterocycles. The van der Waals surface area contributed by atoms with E-state index in [-0.39, 0.29) is 30.7 Å². The number of hydrogen-bond acceptors (Lipinski definition) is 2. The zero-order chi connectivity index (χ0) is 21.4. The molecule has 1 aliphatic carbocycles. The minimum Gasteiger partial charge on any atom is -0.480 e. The van der Waals surface area contributed by atoms with Crippen LogP contribution in [0, 0.1) is 5.82 Å². The topological polar surface area (TPSA) is 62.5 Å². The van der Waals surface area contributed by atoms with E-state index in [1.54, 1.807) is 34.7 Å². The zero-order valence-corrected chi connectivity index (χ0v) is 17.3. The molecule has 4 rings (SSSR count). The molecule has 30 heavy (non-hydrogen) atoms. The number of nitrogens with zero attached hydrogens (tertiary/aromatic N) is 2. The molecule has 1 unspecified atom stereocenters. The Balaban J connectivity index is 1.60. The lowest BCUT2D eigenvalue weighted by atomic mass is 9.90. The summed E-state index contributed by atoms with van der Waals surface area (Å²) in [5.74, 6) is -1.28. The maximum atomic E-state index is 13.9. The Morgan fingerprint density at radius 3 is 2.67 bits per heavy atom. The number of carbonyl (C=O) groups is 2. The molecule has 0 saturated carbocycles. The minimum absolute atomic E-state index is 0.00577. The number of carboxylic acids is 1. The van der Waals surface area contributed by atoms with Gasteiger partial charge in [-0.15, -0.1) is 0 Å². The Hall–Kier alpha value is -2.86. The van der Waals surface area contributed by atoms with Crippen molar-refractivity contribution in [2.75, 3.05) is 7.05 Å². The van der Waals surface area contributed by atoms with Gasteiger partial charge >= 0.3 is 5.97 Å². The average Bonchev–Trinajstić information content (AvgIpc) is 3.01. The summed E-state index contributed by atoms with van der Waals surface area (Å²) in [7, 11) is 1.80. The van der Waals surface area contributed by atoms with E-state index in [1.165, 1.54) is 12.1 Å². The van der Waals surface area contributed by atoms with Crippen LogP contribution in [0.5, 0.6) is 0 Å². The predicted molar refractivity (Wildman–Crippen MR) is 113 cm³/mol. The summed E-state index contributed by atoms with van der Waals surface area (Å²) in [4.78, 5) is 26.0. The molecule has 0 bridgehead atoms. The van der Waals surface area contributed by atoms with E-state index in [2.05, 4.69) is 0 Å². The molecule has 1 amide bonds. The van der Waals surface area contributed by atoms with Crippen LogP contribution in [0.4, 0.5) is 4.39 Å². The van der Waals surface area contributed by atoms with Crippen LogP contribution >= 0.6 is 11.6 Å². The lowest BCUT2D eigenvalue weighted by Gasteiger charge is -2.32. The second-order valence-electron chi connectivity index (χ2n) is 7.77. The van der Waals surface area contributed by atoms with Crippen molar-refractivity contribution >= 4 is 34.4 Å². The van der Waals surface area contributed by atoms with Gasteiger partial charge in [-0.25, -0.2) is 4.39 Å². The number of hydrogen-bond donors (Lipinski definition) is 1. The third-order valence-electron chi connectivity index (χ3n) is 5.91. The van der Waals surface area contributed by atoms with Crippen LogP contribution in [0.2, 0.25) is 5.02 Å². The monoisotopic (exact) mass is 428 g/mol. The number of benzene rings is 2. The second-order valence-corrected chi connectivity index (χ2v) is 8.21. The standard InChI is InChI=1S/C23H22ClFN2O3/c1-26(22(28)10-14-2-4-15(24)5-3-14)17-7-9-21-19(12-17)18-11-16(25)6-8-20(18)27(21)13-23(29)30/h2-6,8,11,17H,7,9-10,12-13H2,1H3,(H,29,30). The normalized spacial score (nSPS) is 15.8. The van der Waals surface area contributed by atoms with E-state index >= 15 is 0 Å². The van der Waals surface area contributed by atoms with Gasteiger partial charge in [-0.2, -0.15) is 0 Å². The molecule has 7 heteroatoms. The summed E-state index contributed by atoms with van der Waals surface area (Å²) in [6, 6.07) is 11.6. The molecular weight excluding hydrogens is 407 g/mol. The third kappa shape index (κ3) is 3.92. The Morgan fingerprint density at radius 1 is 1.23 bits per heavy atom. The van der Waals surface area contributed by atoms with Gasteiger partial charge in [0, 0.05) is 34.7 Å². The van der Waals surface area contributed by atoms with Gasteiger partial charge in [-0.1, -0.05) is 23.7 Å². The summed E-state index contributed by atoms with van der Waals surface area (Å²) in [6.45, 7) is -0.159. The maximum absolute atomic E-state index is 13.9. The molecule has 0 radical (unpaired) electrons. The molecule has 5 nitrogen and oxygen atoms in total. The lowest BCUT2D eigenvalue weighted by Crippen LogP contribution is -2.41. The molecule has 0 saturated heterocycles. The number of halogens is 2. The fourth-order valence-electron chi connectivity index (χ4n) is 4.36. The van der Waals surface area contributed by atoms with Gasteiger partial charge in [0.1, 0.15) is 12.4 Å². The van der Waals surface area contributed by atoms with Crippen molar-refractivity contribution in [1.29, 1.82) is 0 Å². The third-order valence-corrected chi connectivity index (χ3v) is 6.16. The fourth-order valence-corrected chi connectivity index (χ4v) is 4.48. The zero-order valence-electron chi connectivity index (χ0n) is 16.6. The molecule has 1 N–H and O–H groups in total. The van der Waals surface area contributed by atoms with Crippen LogP contribution in [0.1, 0.15) is 23.2 Å².